The highest BCUT2D eigenvalue weighted by Gasteiger charge is 2.34. The quantitative estimate of drug-likeness (QED) is 0.226. The molecule has 1 unspecified atom stereocenters. The number of hydrogen-bond acceptors (Lipinski definition) is 5. The first kappa shape index (κ1) is 33.2. The van der Waals surface area contributed by atoms with Gasteiger partial charge in [0.1, 0.15) is 11.6 Å². The predicted molar refractivity (Wildman–Crippen MR) is 167 cm³/mol. The normalized spacial score (nSPS) is 15.0. The lowest BCUT2D eigenvalue weighted by Gasteiger charge is -2.42. The zero-order valence-corrected chi connectivity index (χ0v) is 26.5. The third-order valence-corrected chi connectivity index (χ3v) is 7.59. The minimum atomic E-state index is -0.279. The molecule has 4 nitrogen and oxygen atoms in total. The summed E-state index contributed by atoms with van der Waals surface area (Å²) in [4.78, 5) is 3.26. The van der Waals surface area contributed by atoms with E-state index in [1.807, 2.05) is 59.8 Å². The Morgan fingerprint density at radius 3 is 2.17 bits per heavy atom. The van der Waals surface area contributed by atoms with Crippen molar-refractivity contribution in [2.45, 2.75) is 78.8 Å². The lowest BCUT2D eigenvalue weighted by Crippen LogP contribution is -2.39. The number of rotatable bonds is 5. The number of methoxy groups -OCH3 is 2. The van der Waals surface area contributed by atoms with Crippen molar-refractivity contribution in [2.24, 2.45) is 0 Å². The Morgan fingerprint density at radius 1 is 0.875 bits per heavy atom. The molecule has 218 valence electrons. The Hall–Kier alpha value is -2.96. The van der Waals surface area contributed by atoms with E-state index < -0.39 is 0 Å². The summed E-state index contributed by atoms with van der Waals surface area (Å²) in [5, 5.41) is 0. The topological polar surface area (TPSA) is 30.9 Å². The molecule has 0 amide bonds. The molecule has 5 rings (SSSR count). The van der Waals surface area contributed by atoms with Gasteiger partial charge >= 0.3 is 0 Å². The SMILES string of the molecule is C/C=C\C.CC.CC.COc1cc2c(cc1OSc1cccc(F)c1)CC1c3ccc(OC)c(C)c3CCN1C2. The number of nitrogens with zero attached hydrogens (tertiary/aromatic N) is 1. The van der Waals surface area contributed by atoms with Crippen LogP contribution in [0.3, 0.4) is 0 Å². The third kappa shape index (κ3) is 8.05. The van der Waals surface area contributed by atoms with Gasteiger partial charge in [-0.15, -0.1) is 0 Å². The molecule has 0 spiro atoms. The van der Waals surface area contributed by atoms with Crippen LogP contribution >= 0.6 is 12.0 Å². The first-order valence-electron chi connectivity index (χ1n) is 14.3. The molecule has 40 heavy (non-hydrogen) atoms. The summed E-state index contributed by atoms with van der Waals surface area (Å²) in [6.07, 6.45) is 5.95. The maximum Gasteiger partial charge on any atom is 0.179 e. The van der Waals surface area contributed by atoms with E-state index in [1.54, 1.807) is 20.3 Å². The Balaban J connectivity index is 0.000000634. The van der Waals surface area contributed by atoms with Crippen molar-refractivity contribution >= 4 is 12.0 Å². The van der Waals surface area contributed by atoms with Gasteiger partial charge in [0, 0.05) is 19.1 Å². The first-order chi connectivity index (χ1) is 19.5. The number of benzene rings is 3. The summed E-state index contributed by atoms with van der Waals surface area (Å²) in [7, 11) is 3.39. The summed E-state index contributed by atoms with van der Waals surface area (Å²) in [6, 6.07) is 15.2. The second kappa shape index (κ2) is 17.0. The Labute approximate surface area is 245 Å². The molecular formula is C34H46FNO3S. The molecule has 0 N–H and O–H groups in total. The van der Waals surface area contributed by atoms with Crippen LogP contribution in [0.15, 0.2) is 65.6 Å². The van der Waals surface area contributed by atoms with E-state index in [0.29, 0.717) is 22.4 Å². The first-order valence-corrected chi connectivity index (χ1v) is 15.0. The Kier molecular flexibility index (Phi) is 14.1. The third-order valence-electron chi connectivity index (χ3n) is 6.88. The van der Waals surface area contributed by atoms with Gasteiger partial charge in [-0.1, -0.05) is 52.0 Å². The van der Waals surface area contributed by atoms with Gasteiger partial charge in [0.25, 0.3) is 0 Å². The van der Waals surface area contributed by atoms with E-state index in [1.165, 1.54) is 39.9 Å². The van der Waals surface area contributed by atoms with Crippen LogP contribution in [-0.2, 0) is 19.4 Å². The molecule has 6 heteroatoms. The lowest BCUT2D eigenvalue weighted by atomic mass is 9.82. The molecule has 0 saturated heterocycles. The van der Waals surface area contributed by atoms with Crippen LogP contribution in [-0.4, -0.2) is 25.7 Å². The molecule has 0 saturated carbocycles. The molecule has 0 fully saturated rings. The summed E-state index contributed by atoms with van der Waals surface area (Å²) in [5.74, 6) is 2.04. The van der Waals surface area contributed by atoms with Gasteiger partial charge in [0.15, 0.2) is 11.5 Å². The van der Waals surface area contributed by atoms with Gasteiger partial charge in [-0.05, 0) is 97.8 Å². The number of halogens is 1. The highest BCUT2D eigenvalue weighted by Crippen LogP contribution is 2.44. The van der Waals surface area contributed by atoms with Crippen molar-refractivity contribution in [3.63, 3.8) is 0 Å². The second-order valence-corrected chi connectivity index (χ2v) is 9.77. The zero-order chi connectivity index (χ0) is 29.7. The molecule has 0 bridgehead atoms. The predicted octanol–water partition coefficient (Wildman–Crippen LogP) is 9.53. The summed E-state index contributed by atoms with van der Waals surface area (Å²) in [5.41, 5.74) is 6.60. The largest absolute Gasteiger partial charge is 0.496 e. The van der Waals surface area contributed by atoms with E-state index in [9.17, 15) is 4.39 Å². The maximum absolute atomic E-state index is 13.5. The molecule has 0 aromatic heterocycles. The second-order valence-electron chi connectivity index (χ2n) is 8.96. The van der Waals surface area contributed by atoms with Gasteiger partial charge in [0.2, 0.25) is 0 Å². The van der Waals surface area contributed by atoms with E-state index >= 15 is 0 Å². The van der Waals surface area contributed by atoms with Crippen LogP contribution in [0.4, 0.5) is 4.39 Å². The van der Waals surface area contributed by atoms with Crippen LogP contribution < -0.4 is 13.7 Å². The van der Waals surface area contributed by atoms with Crippen molar-refractivity contribution in [2.75, 3.05) is 20.8 Å². The summed E-state index contributed by atoms with van der Waals surface area (Å²) >= 11 is 1.14. The summed E-state index contributed by atoms with van der Waals surface area (Å²) in [6.45, 7) is 16.1. The van der Waals surface area contributed by atoms with Gasteiger partial charge in [-0.25, -0.2) is 4.39 Å². The smallest absolute Gasteiger partial charge is 0.179 e. The fourth-order valence-electron chi connectivity index (χ4n) is 4.90. The van der Waals surface area contributed by atoms with E-state index in [0.717, 1.165) is 43.7 Å². The minimum Gasteiger partial charge on any atom is -0.496 e. The van der Waals surface area contributed by atoms with Crippen molar-refractivity contribution in [1.82, 2.24) is 4.90 Å². The highest BCUT2D eigenvalue weighted by atomic mass is 32.2. The zero-order valence-electron chi connectivity index (χ0n) is 25.6. The van der Waals surface area contributed by atoms with Crippen LogP contribution in [0.2, 0.25) is 0 Å². The van der Waals surface area contributed by atoms with Gasteiger partial charge in [0.05, 0.1) is 31.2 Å². The van der Waals surface area contributed by atoms with Crippen molar-refractivity contribution in [3.8, 4) is 17.2 Å². The van der Waals surface area contributed by atoms with Crippen molar-refractivity contribution in [1.29, 1.82) is 0 Å². The standard InChI is InChI=1S/C26H26FNO3S.C4H8.2C2H6/c1-16-21-9-10-28-15-18-13-25(30-3)26(31-32-20-6-4-5-19(27)14-20)12-17(18)11-23(28)22(21)7-8-24(16)29-2;1-3-4-2;2*1-2/h4-8,12-14,23H,9-11,15H2,1-3H3;3-4H,1-2H3;2*1-2H3/b;4-3-;;. The molecule has 2 aliphatic rings. The lowest BCUT2D eigenvalue weighted by molar-refractivity contribution is 0.160. The fraction of sp³-hybridized carbons (Fsp3) is 0.412. The van der Waals surface area contributed by atoms with E-state index in [-0.39, 0.29) is 5.82 Å². The van der Waals surface area contributed by atoms with Crippen LogP contribution in [0.25, 0.3) is 0 Å². The van der Waals surface area contributed by atoms with Crippen LogP contribution in [0.5, 0.6) is 17.2 Å². The maximum atomic E-state index is 13.5. The van der Waals surface area contributed by atoms with Gasteiger partial charge < -0.3 is 13.7 Å². The van der Waals surface area contributed by atoms with Crippen LogP contribution in [0.1, 0.15) is 75.4 Å². The van der Waals surface area contributed by atoms with E-state index in [4.69, 9.17) is 13.7 Å². The molecule has 2 heterocycles. The van der Waals surface area contributed by atoms with Crippen molar-refractivity contribution < 1.29 is 18.0 Å². The van der Waals surface area contributed by atoms with Gasteiger partial charge in [-0.3, -0.25) is 4.90 Å². The fourth-order valence-corrected chi connectivity index (χ4v) is 5.51. The van der Waals surface area contributed by atoms with Gasteiger partial charge in [-0.2, -0.15) is 0 Å². The number of ether oxygens (including phenoxy) is 2. The monoisotopic (exact) mass is 567 g/mol. The molecule has 3 aromatic carbocycles. The van der Waals surface area contributed by atoms with E-state index in [2.05, 4.69) is 36.1 Å². The average Bonchev–Trinajstić information content (AvgIpc) is 3.00. The number of hydrogen-bond donors (Lipinski definition) is 0. The number of allylic oxidation sites excluding steroid dienone is 2. The minimum absolute atomic E-state index is 0.279. The Morgan fingerprint density at radius 2 is 1.55 bits per heavy atom. The molecular weight excluding hydrogens is 521 g/mol. The van der Waals surface area contributed by atoms with Crippen molar-refractivity contribution in [3.05, 3.63) is 94.3 Å². The average molecular weight is 568 g/mol. The molecule has 0 aliphatic carbocycles. The Bertz CT molecular complexity index is 1240. The summed E-state index contributed by atoms with van der Waals surface area (Å²) < 4.78 is 30.7. The molecule has 0 radical (unpaired) electrons. The molecule has 1 atom stereocenters. The number of fused-ring (bicyclic) bond motifs is 4. The molecule has 3 aromatic rings. The van der Waals surface area contributed by atoms with Crippen LogP contribution in [0, 0.1) is 12.7 Å². The molecule has 2 aliphatic heterocycles. The highest BCUT2D eigenvalue weighted by molar-refractivity contribution is 7.95.